The highest BCUT2D eigenvalue weighted by molar-refractivity contribution is 6.06. The van der Waals surface area contributed by atoms with E-state index in [0.29, 0.717) is 34.8 Å². The van der Waals surface area contributed by atoms with Gasteiger partial charge < -0.3 is 14.5 Å². The Morgan fingerprint density at radius 3 is 2.78 bits per heavy atom. The largest absolute Gasteiger partial charge is 0.391 e. The molecule has 6 nitrogen and oxygen atoms in total. The van der Waals surface area contributed by atoms with Gasteiger partial charge in [0.25, 0.3) is 11.6 Å². The van der Waals surface area contributed by atoms with Crippen molar-refractivity contribution in [2.45, 2.75) is 45.6 Å². The van der Waals surface area contributed by atoms with Gasteiger partial charge >= 0.3 is 0 Å². The third kappa shape index (κ3) is 3.08. The van der Waals surface area contributed by atoms with E-state index in [2.05, 4.69) is 10.1 Å². The van der Waals surface area contributed by atoms with Gasteiger partial charge in [-0.1, -0.05) is 19.0 Å². The zero-order valence-corrected chi connectivity index (χ0v) is 14.0. The number of amides is 1. The maximum absolute atomic E-state index is 12.9. The number of rotatable bonds is 5. The van der Waals surface area contributed by atoms with E-state index in [-0.39, 0.29) is 11.8 Å². The van der Waals surface area contributed by atoms with Crippen LogP contribution in [0, 0.1) is 12.8 Å². The number of hydrogen-bond donors (Lipinski definition) is 1. The Labute approximate surface area is 135 Å². The summed E-state index contributed by atoms with van der Waals surface area (Å²) in [6, 6.07) is 1.82. The summed E-state index contributed by atoms with van der Waals surface area (Å²) in [6.45, 7) is 6.19. The maximum Gasteiger partial charge on any atom is 0.259 e. The lowest BCUT2D eigenvalue weighted by molar-refractivity contribution is 0.0647. The van der Waals surface area contributed by atoms with Crippen molar-refractivity contribution in [1.82, 2.24) is 15.0 Å². The zero-order valence-electron chi connectivity index (χ0n) is 14.0. The lowest BCUT2D eigenvalue weighted by Gasteiger charge is -2.21. The molecule has 3 rings (SSSR count). The van der Waals surface area contributed by atoms with Gasteiger partial charge in [0.05, 0.1) is 22.7 Å². The summed E-state index contributed by atoms with van der Waals surface area (Å²) in [4.78, 5) is 18.9. The van der Waals surface area contributed by atoms with Gasteiger partial charge in [0.2, 0.25) is 0 Å². The molecule has 1 amide bonds. The molecule has 23 heavy (non-hydrogen) atoms. The van der Waals surface area contributed by atoms with Crippen molar-refractivity contribution in [3.05, 3.63) is 23.0 Å². The molecule has 1 saturated carbocycles. The normalized spacial score (nSPS) is 16.1. The number of carbonyl (C=O) groups is 1. The predicted molar refractivity (Wildman–Crippen MR) is 86.3 cm³/mol. The van der Waals surface area contributed by atoms with Gasteiger partial charge in [-0.2, -0.15) is 0 Å². The lowest BCUT2D eigenvalue weighted by atomic mass is 10.0. The minimum Gasteiger partial charge on any atom is -0.391 e. The first-order valence-electron chi connectivity index (χ1n) is 8.09. The van der Waals surface area contributed by atoms with Crippen LogP contribution in [0.1, 0.15) is 54.4 Å². The molecule has 1 aliphatic carbocycles. The number of aryl methyl sites for hydroxylation is 1. The molecule has 0 bridgehead atoms. The van der Waals surface area contributed by atoms with Gasteiger partial charge in [-0.25, -0.2) is 4.98 Å². The van der Waals surface area contributed by atoms with Crippen molar-refractivity contribution >= 4 is 17.0 Å². The Hall–Kier alpha value is -1.95. The number of likely N-dealkylation sites (N-methyl/N-ethyl adjacent to an activating group) is 1. The smallest absolute Gasteiger partial charge is 0.259 e. The minimum absolute atomic E-state index is 0.134. The highest BCUT2D eigenvalue weighted by Gasteiger charge is 2.32. The molecular weight excluding hydrogens is 294 g/mol. The summed E-state index contributed by atoms with van der Waals surface area (Å²) in [5.41, 5.74) is 2.39. The summed E-state index contributed by atoms with van der Waals surface area (Å²) >= 11 is 0. The fourth-order valence-corrected chi connectivity index (χ4v) is 2.78. The molecule has 2 heterocycles. The Morgan fingerprint density at radius 1 is 1.48 bits per heavy atom. The number of pyridine rings is 1. The van der Waals surface area contributed by atoms with Crippen LogP contribution in [0.2, 0.25) is 0 Å². The fraction of sp³-hybridized carbons (Fsp3) is 0.588. The molecule has 0 aliphatic heterocycles. The van der Waals surface area contributed by atoms with Crippen LogP contribution in [-0.4, -0.2) is 45.8 Å². The number of aromatic nitrogens is 2. The molecule has 124 valence electrons. The Morgan fingerprint density at radius 2 is 2.17 bits per heavy atom. The summed E-state index contributed by atoms with van der Waals surface area (Å²) in [5, 5.41) is 14.7. The Kier molecular flexibility index (Phi) is 4.10. The van der Waals surface area contributed by atoms with E-state index in [1.807, 2.05) is 19.9 Å². The second-order valence-electron chi connectivity index (χ2n) is 6.79. The molecule has 0 saturated heterocycles. The van der Waals surface area contributed by atoms with E-state index in [0.717, 1.165) is 18.5 Å². The Balaban J connectivity index is 1.95. The van der Waals surface area contributed by atoms with E-state index in [1.165, 1.54) is 0 Å². The number of aliphatic hydroxyl groups excluding tert-OH is 1. The van der Waals surface area contributed by atoms with Gasteiger partial charge in [0.15, 0.2) is 0 Å². The van der Waals surface area contributed by atoms with Gasteiger partial charge in [-0.15, -0.1) is 0 Å². The standard InChI is InChI=1S/C17H23N3O3/c1-9(2)13-7-12(15-10(3)19-23-16(15)18-13)17(22)20(4)8-14(21)11-5-6-11/h7,9,11,14,21H,5-6,8H2,1-4H3. The molecule has 1 fully saturated rings. The van der Waals surface area contributed by atoms with Crippen molar-refractivity contribution in [3.8, 4) is 0 Å². The average molecular weight is 317 g/mol. The van der Waals surface area contributed by atoms with Crippen LogP contribution >= 0.6 is 0 Å². The van der Waals surface area contributed by atoms with Gasteiger partial charge in [-0.05, 0) is 37.7 Å². The molecule has 1 atom stereocenters. The molecule has 1 aliphatic rings. The highest BCUT2D eigenvalue weighted by atomic mass is 16.5. The summed E-state index contributed by atoms with van der Waals surface area (Å²) < 4.78 is 5.26. The number of aliphatic hydroxyl groups is 1. The number of hydrogen-bond acceptors (Lipinski definition) is 5. The van der Waals surface area contributed by atoms with E-state index in [4.69, 9.17) is 4.52 Å². The van der Waals surface area contributed by atoms with Crippen LogP contribution in [0.15, 0.2) is 10.6 Å². The van der Waals surface area contributed by atoms with Gasteiger partial charge in [0.1, 0.15) is 0 Å². The van der Waals surface area contributed by atoms with Crippen molar-refractivity contribution in [2.24, 2.45) is 5.92 Å². The summed E-state index contributed by atoms with van der Waals surface area (Å²) in [6.07, 6.45) is 1.64. The summed E-state index contributed by atoms with van der Waals surface area (Å²) in [5.74, 6) is 0.385. The molecule has 1 unspecified atom stereocenters. The topological polar surface area (TPSA) is 79.5 Å². The molecule has 0 spiro atoms. The molecule has 6 heteroatoms. The molecule has 2 aromatic heterocycles. The predicted octanol–water partition coefficient (Wildman–Crippen LogP) is 2.50. The number of nitrogens with zero attached hydrogens (tertiary/aromatic N) is 3. The minimum atomic E-state index is -0.450. The number of carbonyl (C=O) groups excluding carboxylic acids is 1. The van der Waals surface area contributed by atoms with Crippen LogP contribution in [-0.2, 0) is 0 Å². The van der Waals surface area contributed by atoms with E-state index in [9.17, 15) is 9.90 Å². The molecule has 0 radical (unpaired) electrons. The van der Waals surface area contributed by atoms with Crippen molar-refractivity contribution < 1.29 is 14.4 Å². The molecule has 0 aromatic carbocycles. The second kappa shape index (κ2) is 5.92. The van der Waals surface area contributed by atoms with Crippen molar-refractivity contribution in [3.63, 3.8) is 0 Å². The maximum atomic E-state index is 12.9. The van der Waals surface area contributed by atoms with Gasteiger partial charge in [0, 0.05) is 19.3 Å². The molecule has 1 N–H and O–H groups in total. The van der Waals surface area contributed by atoms with E-state index >= 15 is 0 Å². The highest BCUT2D eigenvalue weighted by Crippen LogP contribution is 2.33. The van der Waals surface area contributed by atoms with Crippen molar-refractivity contribution in [1.29, 1.82) is 0 Å². The van der Waals surface area contributed by atoms with Crippen molar-refractivity contribution in [2.75, 3.05) is 13.6 Å². The fourth-order valence-electron chi connectivity index (χ4n) is 2.78. The monoisotopic (exact) mass is 317 g/mol. The average Bonchev–Trinajstić information content (AvgIpc) is 3.30. The van der Waals surface area contributed by atoms with Gasteiger partial charge in [-0.3, -0.25) is 4.79 Å². The SMILES string of the molecule is Cc1noc2nc(C(C)C)cc(C(=O)N(C)CC(O)C3CC3)c12. The summed E-state index contributed by atoms with van der Waals surface area (Å²) in [7, 11) is 1.72. The lowest BCUT2D eigenvalue weighted by Crippen LogP contribution is -2.35. The van der Waals surface area contributed by atoms with Crippen LogP contribution in [0.4, 0.5) is 0 Å². The Bertz CT molecular complexity index is 734. The van der Waals surface area contributed by atoms with Crippen LogP contribution < -0.4 is 0 Å². The zero-order chi connectivity index (χ0) is 16.7. The van der Waals surface area contributed by atoms with E-state index in [1.54, 1.807) is 18.9 Å². The first-order valence-corrected chi connectivity index (χ1v) is 8.09. The third-order valence-corrected chi connectivity index (χ3v) is 4.43. The first kappa shape index (κ1) is 15.9. The van der Waals surface area contributed by atoms with Crippen LogP contribution in [0.25, 0.3) is 11.1 Å². The number of fused-ring (bicyclic) bond motifs is 1. The third-order valence-electron chi connectivity index (χ3n) is 4.43. The first-order chi connectivity index (χ1) is 10.9. The van der Waals surface area contributed by atoms with Crippen LogP contribution in [0.5, 0.6) is 0 Å². The second-order valence-corrected chi connectivity index (χ2v) is 6.79. The van der Waals surface area contributed by atoms with Crippen LogP contribution in [0.3, 0.4) is 0 Å². The molecular formula is C17H23N3O3. The molecule has 2 aromatic rings. The quantitative estimate of drug-likeness (QED) is 0.916. The van der Waals surface area contributed by atoms with E-state index < -0.39 is 6.10 Å².